The van der Waals surface area contributed by atoms with E-state index in [-0.39, 0.29) is 11.9 Å². The Labute approximate surface area is 144 Å². The van der Waals surface area contributed by atoms with Crippen molar-refractivity contribution in [2.45, 2.75) is 51.4 Å². The normalized spacial score (nSPS) is 27.6. The van der Waals surface area contributed by atoms with Gasteiger partial charge in [-0.25, -0.2) is 0 Å². The first-order chi connectivity index (χ1) is 11.7. The van der Waals surface area contributed by atoms with Crippen LogP contribution in [0, 0.1) is 5.92 Å². The highest BCUT2D eigenvalue weighted by Crippen LogP contribution is 2.26. The van der Waals surface area contributed by atoms with Crippen LogP contribution in [0.3, 0.4) is 0 Å². The Morgan fingerprint density at radius 1 is 1.42 bits per heavy atom. The smallest absolute Gasteiger partial charge is 0.243 e. The molecule has 0 bridgehead atoms. The van der Waals surface area contributed by atoms with Gasteiger partial charge in [0.25, 0.3) is 0 Å². The van der Waals surface area contributed by atoms with Crippen molar-refractivity contribution in [1.82, 2.24) is 5.32 Å². The molecule has 2 N–H and O–H groups in total. The summed E-state index contributed by atoms with van der Waals surface area (Å²) >= 11 is 0. The Morgan fingerprint density at radius 3 is 3.12 bits per heavy atom. The number of carbonyl (C=O) groups is 1. The van der Waals surface area contributed by atoms with Crippen LogP contribution in [0.5, 0.6) is 0 Å². The maximum atomic E-state index is 12.2. The number of benzene rings is 1. The Kier molecular flexibility index (Phi) is 6.24. The first-order valence-corrected chi connectivity index (χ1v) is 9.03. The fraction of sp³-hybridized carbons (Fsp3) is 0.632. The molecule has 1 amide bonds. The predicted octanol–water partition coefficient (Wildman–Crippen LogP) is 2.71. The molecule has 1 aromatic carbocycles. The van der Waals surface area contributed by atoms with Crippen molar-refractivity contribution < 1.29 is 14.3 Å². The van der Waals surface area contributed by atoms with Crippen LogP contribution >= 0.6 is 0 Å². The average Bonchev–Trinajstić information content (AvgIpc) is 2.61. The van der Waals surface area contributed by atoms with Crippen molar-refractivity contribution in [2.24, 2.45) is 5.92 Å². The molecule has 1 aromatic rings. The Bertz CT molecular complexity index is 543. The molecule has 2 aliphatic rings. The van der Waals surface area contributed by atoms with Crippen molar-refractivity contribution in [3.05, 3.63) is 29.8 Å². The second-order valence-electron chi connectivity index (χ2n) is 6.98. The molecule has 0 aromatic heterocycles. The Balaban J connectivity index is 1.50. The highest BCUT2D eigenvalue weighted by Gasteiger charge is 2.21. The standard InChI is InChI=1S/C19H28N2O3/c1-14-4-2-7-17(10-14)24-12-15-5-3-6-16(11-15)21-19(22)18-13-23-9-8-20-18/h3,5-6,11,14,17-18,20H,2,4,7-10,12-13H2,1H3,(H,21,22)/t14-,17+,18-/m1/s1. The van der Waals surface area contributed by atoms with E-state index < -0.39 is 0 Å². The molecule has 1 aliphatic carbocycles. The van der Waals surface area contributed by atoms with E-state index in [0.717, 1.165) is 30.0 Å². The fourth-order valence-corrected chi connectivity index (χ4v) is 3.45. The van der Waals surface area contributed by atoms with Crippen LogP contribution in [-0.2, 0) is 20.9 Å². The first-order valence-electron chi connectivity index (χ1n) is 9.03. The molecule has 0 unspecified atom stereocenters. The van der Waals surface area contributed by atoms with Crippen LogP contribution in [-0.4, -0.2) is 37.8 Å². The van der Waals surface area contributed by atoms with Gasteiger partial charge >= 0.3 is 0 Å². The zero-order valence-electron chi connectivity index (χ0n) is 14.4. The second-order valence-corrected chi connectivity index (χ2v) is 6.98. The maximum Gasteiger partial charge on any atom is 0.243 e. The van der Waals surface area contributed by atoms with E-state index in [0.29, 0.717) is 32.5 Å². The third kappa shape index (κ3) is 5.03. The Morgan fingerprint density at radius 2 is 2.33 bits per heavy atom. The summed E-state index contributed by atoms with van der Waals surface area (Å²) in [5.74, 6) is 0.716. The molecule has 0 radical (unpaired) electrons. The van der Waals surface area contributed by atoms with E-state index in [1.54, 1.807) is 0 Å². The summed E-state index contributed by atoms with van der Waals surface area (Å²) in [6.45, 7) is 4.71. The van der Waals surface area contributed by atoms with E-state index in [1.807, 2.05) is 24.3 Å². The van der Waals surface area contributed by atoms with E-state index in [4.69, 9.17) is 9.47 Å². The lowest BCUT2D eigenvalue weighted by Crippen LogP contribution is -2.48. The lowest BCUT2D eigenvalue weighted by molar-refractivity contribution is -0.120. The molecule has 1 saturated heterocycles. The van der Waals surface area contributed by atoms with Gasteiger partial charge in [0.2, 0.25) is 5.91 Å². The Hall–Kier alpha value is -1.43. The summed E-state index contributed by atoms with van der Waals surface area (Å²) in [5, 5.41) is 6.12. The van der Waals surface area contributed by atoms with Gasteiger partial charge in [0, 0.05) is 12.2 Å². The van der Waals surface area contributed by atoms with Crippen molar-refractivity contribution in [3.63, 3.8) is 0 Å². The van der Waals surface area contributed by atoms with Gasteiger partial charge in [-0.15, -0.1) is 0 Å². The fourth-order valence-electron chi connectivity index (χ4n) is 3.45. The van der Waals surface area contributed by atoms with E-state index in [1.165, 1.54) is 12.8 Å². The zero-order chi connectivity index (χ0) is 16.8. The second kappa shape index (κ2) is 8.60. The molecule has 24 heavy (non-hydrogen) atoms. The summed E-state index contributed by atoms with van der Waals surface area (Å²) < 4.78 is 11.4. The molecule has 5 nitrogen and oxygen atoms in total. The van der Waals surface area contributed by atoms with Gasteiger partial charge in [0.1, 0.15) is 6.04 Å². The van der Waals surface area contributed by atoms with Gasteiger partial charge in [-0.05, 0) is 36.5 Å². The molecule has 1 heterocycles. The molecular formula is C19H28N2O3. The summed E-state index contributed by atoms with van der Waals surface area (Å²) in [6.07, 6.45) is 5.27. The molecule has 3 rings (SSSR count). The van der Waals surface area contributed by atoms with Gasteiger partial charge in [-0.1, -0.05) is 31.9 Å². The summed E-state index contributed by atoms with van der Waals surface area (Å²) in [7, 11) is 0. The van der Waals surface area contributed by atoms with Crippen molar-refractivity contribution in [3.8, 4) is 0 Å². The highest BCUT2D eigenvalue weighted by molar-refractivity contribution is 5.95. The number of anilines is 1. The molecule has 1 saturated carbocycles. The molecule has 5 heteroatoms. The van der Waals surface area contributed by atoms with Crippen molar-refractivity contribution in [2.75, 3.05) is 25.1 Å². The van der Waals surface area contributed by atoms with Crippen LogP contribution in [0.15, 0.2) is 24.3 Å². The summed E-state index contributed by atoms with van der Waals surface area (Å²) in [4.78, 5) is 12.2. The number of carbonyl (C=O) groups excluding carboxylic acids is 1. The molecule has 3 atom stereocenters. The summed E-state index contributed by atoms with van der Waals surface area (Å²) in [5.41, 5.74) is 1.91. The molecule has 1 aliphatic heterocycles. The molecule has 2 fully saturated rings. The minimum Gasteiger partial charge on any atom is -0.378 e. The molecular weight excluding hydrogens is 304 g/mol. The molecule has 132 valence electrons. The molecule has 0 spiro atoms. The van der Waals surface area contributed by atoms with Crippen LogP contribution in [0.4, 0.5) is 5.69 Å². The van der Waals surface area contributed by atoms with Crippen molar-refractivity contribution >= 4 is 11.6 Å². The number of morpholine rings is 1. The minimum atomic E-state index is -0.276. The average molecular weight is 332 g/mol. The van der Waals surface area contributed by atoms with Crippen LogP contribution in [0.25, 0.3) is 0 Å². The highest BCUT2D eigenvalue weighted by atomic mass is 16.5. The van der Waals surface area contributed by atoms with Crippen LogP contribution in [0.2, 0.25) is 0 Å². The first kappa shape index (κ1) is 17.4. The predicted molar refractivity (Wildman–Crippen MR) is 93.9 cm³/mol. The van der Waals surface area contributed by atoms with Gasteiger partial charge in [-0.3, -0.25) is 4.79 Å². The third-order valence-corrected chi connectivity index (χ3v) is 4.81. The quantitative estimate of drug-likeness (QED) is 0.870. The van der Waals surface area contributed by atoms with E-state index in [2.05, 4.69) is 17.6 Å². The van der Waals surface area contributed by atoms with Gasteiger partial charge < -0.3 is 20.1 Å². The van der Waals surface area contributed by atoms with Crippen LogP contribution < -0.4 is 10.6 Å². The number of ether oxygens (including phenoxy) is 2. The number of hydrogen-bond acceptors (Lipinski definition) is 4. The third-order valence-electron chi connectivity index (χ3n) is 4.81. The largest absolute Gasteiger partial charge is 0.378 e. The van der Waals surface area contributed by atoms with Crippen LogP contribution in [0.1, 0.15) is 38.2 Å². The van der Waals surface area contributed by atoms with E-state index >= 15 is 0 Å². The lowest BCUT2D eigenvalue weighted by Gasteiger charge is -2.27. The van der Waals surface area contributed by atoms with E-state index in [9.17, 15) is 4.79 Å². The SMILES string of the molecule is C[C@@H]1CCC[C@H](OCc2cccc(NC(=O)[C@H]3COCCN3)c2)C1. The maximum absolute atomic E-state index is 12.2. The topological polar surface area (TPSA) is 59.6 Å². The zero-order valence-corrected chi connectivity index (χ0v) is 14.4. The number of amides is 1. The van der Waals surface area contributed by atoms with Gasteiger partial charge in [0.05, 0.1) is 25.9 Å². The van der Waals surface area contributed by atoms with Gasteiger partial charge in [0.15, 0.2) is 0 Å². The number of nitrogens with one attached hydrogen (secondary N) is 2. The number of hydrogen-bond donors (Lipinski definition) is 2. The lowest BCUT2D eigenvalue weighted by atomic mass is 9.89. The van der Waals surface area contributed by atoms with Gasteiger partial charge in [-0.2, -0.15) is 0 Å². The van der Waals surface area contributed by atoms with Crippen molar-refractivity contribution in [1.29, 1.82) is 0 Å². The minimum absolute atomic E-state index is 0.0473. The summed E-state index contributed by atoms with van der Waals surface area (Å²) in [6, 6.07) is 7.64. The number of rotatable bonds is 5. The monoisotopic (exact) mass is 332 g/mol.